The summed E-state index contributed by atoms with van der Waals surface area (Å²) in [5, 5.41) is 0. The Kier molecular flexibility index (Phi) is 6.60. The highest BCUT2D eigenvalue weighted by atomic mass is 19.4. The van der Waals surface area contributed by atoms with Crippen molar-refractivity contribution in [2.75, 3.05) is 13.4 Å². The molecule has 5 heteroatoms. The third kappa shape index (κ3) is 5.79. The van der Waals surface area contributed by atoms with Gasteiger partial charge < -0.3 is 9.47 Å². The molecule has 0 saturated carbocycles. The predicted octanol–water partition coefficient (Wildman–Crippen LogP) is 3.28. The summed E-state index contributed by atoms with van der Waals surface area (Å²) in [6.07, 6.45) is -3.85. The van der Waals surface area contributed by atoms with Crippen molar-refractivity contribution < 1.29 is 22.6 Å². The average Bonchev–Trinajstić information content (AvgIpc) is 2.12. The van der Waals surface area contributed by atoms with Gasteiger partial charge in [-0.3, -0.25) is 0 Å². The van der Waals surface area contributed by atoms with E-state index in [1.54, 1.807) is 13.8 Å². The number of rotatable bonds is 6. The first-order valence-electron chi connectivity index (χ1n) is 4.90. The first-order chi connectivity index (χ1) is 6.93. The second-order valence-corrected chi connectivity index (χ2v) is 2.99. The number of halogens is 3. The van der Waals surface area contributed by atoms with E-state index in [0.717, 1.165) is 6.08 Å². The van der Waals surface area contributed by atoms with Crippen LogP contribution in [0, 0.1) is 0 Å². The SMILES string of the molecule is CC/C=C(\C(C)OCOCC)C(F)(F)F. The van der Waals surface area contributed by atoms with Gasteiger partial charge in [-0.25, -0.2) is 0 Å². The summed E-state index contributed by atoms with van der Waals surface area (Å²) in [6.45, 7) is 5.08. The van der Waals surface area contributed by atoms with E-state index >= 15 is 0 Å². The molecule has 0 N–H and O–H groups in total. The maximum Gasteiger partial charge on any atom is 0.414 e. The van der Waals surface area contributed by atoms with Crippen LogP contribution in [-0.2, 0) is 9.47 Å². The van der Waals surface area contributed by atoms with E-state index in [2.05, 4.69) is 0 Å². The van der Waals surface area contributed by atoms with E-state index in [1.165, 1.54) is 6.92 Å². The smallest absolute Gasteiger partial charge is 0.356 e. The molecule has 0 heterocycles. The topological polar surface area (TPSA) is 18.5 Å². The van der Waals surface area contributed by atoms with Crippen molar-refractivity contribution in [3.8, 4) is 0 Å². The Bertz CT molecular complexity index is 199. The molecule has 0 fully saturated rings. The molecule has 0 aliphatic heterocycles. The molecule has 0 aromatic rings. The standard InChI is InChI=1S/C10H17F3O2/c1-4-6-9(10(11,12)13)8(3)15-7-14-5-2/h6,8H,4-5,7H2,1-3H3/b9-6+. The Balaban J connectivity index is 4.31. The van der Waals surface area contributed by atoms with E-state index in [9.17, 15) is 13.2 Å². The van der Waals surface area contributed by atoms with Crippen LogP contribution in [0.5, 0.6) is 0 Å². The summed E-state index contributed by atoms with van der Waals surface area (Å²) in [7, 11) is 0. The fourth-order valence-corrected chi connectivity index (χ4v) is 1.06. The quantitative estimate of drug-likeness (QED) is 0.393. The van der Waals surface area contributed by atoms with Crippen LogP contribution in [0.2, 0.25) is 0 Å². The second-order valence-electron chi connectivity index (χ2n) is 2.99. The van der Waals surface area contributed by atoms with Gasteiger partial charge in [0.1, 0.15) is 6.79 Å². The molecule has 0 amide bonds. The minimum Gasteiger partial charge on any atom is -0.356 e. The summed E-state index contributed by atoms with van der Waals surface area (Å²) in [6, 6.07) is 0. The fourth-order valence-electron chi connectivity index (χ4n) is 1.06. The molecular formula is C10H17F3O2. The molecule has 0 radical (unpaired) electrons. The minimum absolute atomic E-state index is 0.116. The Morgan fingerprint density at radius 3 is 2.33 bits per heavy atom. The zero-order valence-corrected chi connectivity index (χ0v) is 9.23. The van der Waals surface area contributed by atoms with Crippen molar-refractivity contribution in [3.63, 3.8) is 0 Å². The van der Waals surface area contributed by atoms with Crippen LogP contribution in [-0.4, -0.2) is 25.7 Å². The Labute approximate surface area is 88.1 Å². The van der Waals surface area contributed by atoms with Crippen molar-refractivity contribution in [1.82, 2.24) is 0 Å². The van der Waals surface area contributed by atoms with Gasteiger partial charge in [-0.05, 0) is 20.3 Å². The zero-order valence-electron chi connectivity index (χ0n) is 9.23. The van der Waals surface area contributed by atoms with Gasteiger partial charge in [0.05, 0.1) is 11.7 Å². The van der Waals surface area contributed by atoms with Crippen molar-refractivity contribution in [2.24, 2.45) is 0 Å². The molecule has 0 saturated heterocycles. The van der Waals surface area contributed by atoms with E-state index in [-0.39, 0.29) is 6.79 Å². The first-order valence-corrected chi connectivity index (χ1v) is 4.90. The number of ether oxygens (including phenoxy) is 2. The molecule has 0 aliphatic rings. The Hall–Kier alpha value is -0.550. The molecule has 1 atom stereocenters. The van der Waals surface area contributed by atoms with Gasteiger partial charge in [0.25, 0.3) is 0 Å². The summed E-state index contributed by atoms with van der Waals surface area (Å²) in [5.74, 6) is 0. The highest BCUT2D eigenvalue weighted by Crippen LogP contribution is 2.29. The molecule has 90 valence electrons. The molecule has 15 heavy (non-hydrogen) atoms. The van der Waals surface area contributed by atoms with E-state index < -0.39 is 17.9 Å². The average molecular weight is 226 g/mol. The molecule has 0 bridgehead atoms. The number of hydrogen-bond acceptors (Lipinski definition) is 2. The van der Waals surface area contributed by atoms with Crippen LogP contribution >= 0.6 is 0 Å². The third-order valence-corrected chi connectivity index (χ3v) is 1.79. The highest BCUT2D eigenvalue weighted by molar-refractivity contribution is 5.13. The van der Waals surface area contributed by atoms with Crippen LogP contribution in [0.1, 0.15) is 27.2 Å². The lowest BCUT2D eigenvalue weighted by Gasteiger charge is -2.19. The van der Waals surface area contributed by atoms with Gasteiger partial charge in [0.2, 0.25) is 0 Å². The number of alkyl halides is 3. The zero-order chi connectivity index (χ0) is 11.9. The van der Waals surface area contributed by atoms with Gasteiger partial charge in [-0.2, -0.15) is 13.2 Å². The van der Waals surface area contributed by atoms with Crippen LogP contribution in [0.25, 0.3) is 0 Å². The number of hydrogen-bond donors (Lipinski definition) is 0. The summed E-state index contributed by atoms with van der Waals surface area (Å²) in [5.41, 5.74) is -0.648. The minimum atomic E-state index is -4.33. The maximum absolute atomic E-state index is 12.5. The summed E-state index contributed by atoms with van der Waals surface area (Å²) in [4.78, 5) is 0. The van der Waals surface area contributed by atoms with Crippen LogP contribution in [0.15, 0.2) is 11.6 Å². The largest absolute Gasteiger partial charge is 0.414 e. The van der Waals surface area contributed by atoms with E-state index in [4.69, 9.17) is 9.47 Å². The normalized spacial score (nSPS) is 15.5. The molecule has 0 spiro atoms. The molecule has 0 aliphatic carbocycles. The van der Waals surface area contributed by atoms with E-state index in [0.29, 0.717) is 13.0 Å². The van der Waals surface area contributed by atoms with Gasteiger partial charge in [-0.1, -0.05) is 13.0 Å². The van der Waals surface area contributed by atoms with Crippen molar-refractivity contribution in [3.05, 3.63) is 11.6 Å². The maximum atomic E-state index is 12.5. The molecular weight excluding hydrogens is 209 g/mol. The van der Waals surface area contributed by atoms with Gasteiger partial charge in [-0.15, -0.1) is 0 Å². The van der Waals surface area contributed by atoms with Crippen molar-refractivity contribution in [2.45, 2.75) is 39.5 Å². The van der Waals surface area contributed by atoms with E-state index in [1.807, 2.05) is 0 Å². The molecule has 0 rings (SSSR count). The second kappa shape index (κ2) is 6.85. The molecule has 2 nitrogen and oxygen atoms in total. The lowest BCUT2D eigenvalue weighted by atomic mass is 10.1. The predicted molar refractivity (Wildman–Crippen MR) is 51.5 cm³/mol. The monoisotopic (exact) mass is 226 g/mol. The molecule has 0 aromatic heterocycles. The number of allylic oxidation sites excluding steroid dienone is 1. The van der Waals surface area contributed by atoms with Gasteiger partial charge in [0, 0.05) is 6.61 Å². The Morgan fingerprint density at radius 2 is 1.93 bits per heavy atom. The lowest BCUT2D eigenvalue weighted by Crippen LogP contribution is -2.25. The van der Waals surface area contributed by atoms with Gasteiger partial charge in [0.15, 0.2) is 0 Å². The molecule has 0 aromatic carbocycles. The summed E-state index contributed by atoms with van der Waals surface area (Å²) < 4.78 is 47.2. The first kappa shape index (κ1) is 14.5. The van der Waals surface area contributed by atoms with Crippen LogP contribution in [0.3, 0.4) is 0 Å². The van der Waals surface area contributed by atoms with Crippen molar-refractivity contribution >= 4 is 0 Å². The van der Waals surface area contributed by atoms with Gasteiger partial charge >= 0.3 is 6.18 Å². The van der Waals surface area contributed by atoms with Crippen LogP contribution < -0.4 is 0 Å². The highest BCUT2D eigenvalue weighted by Gasteiger charge is 2.36. The lowest BCUT2D eigenvalue weighted by molar-refractivity contribution is -0.127. The van der Waals surface area contributed by atoms with Crippen LogP contribution in [0.4, 0.5) is 13.2 Å². The fraction of sp³-hybridized carbons (Fsp3) is 0.800. The summed E-state index contributed by atoms with van der Waals surface area (Å²) >= 11 is 0. The van der Waals surface area contributed by atoms with Crippen molar-refractivity contribution in [1.29, 1.82) is 0 Å². The third-order valence-electron chi connectivity index (χ3n) is 1.79. The Morgan fingerprint density at radius 1 is 1.33 bits per heavy atom. The molecule has 1 unspecified atom stereocenters.